The Hall–Kier alpha value is -5.03. The maximum Gasteiger partial charge on any atom is 0.160 e. The van der Waals surface area contributed by atoms with Gasteiger partial charge in [0, 0.05) is 31.0 Å². The number of aromatic nitrogens is 2. The predicted octanol–water partition coefficient (Wildman–Crippen LogP) is 11.0. The van der Waals surface area contributed by atoms with Crippen LogP contribution in [0.3, 0.4) is 0 Å². The van der Waals surface area contributed by atoms with Crippen molar-refractivity contribution in [1.82, 2.24) is 9.97 Å². The Morgan fingerprint density at radius 1 is 0.489 bits per heavy atom. The molecule has 8 aromatic rings. The molecule has 1 aliphatic heterocycles. The van der Waals surface area contributed by atoms with Crippen molar-refractivity contribution in [2.75, 3.05) is 0 Å². The molecule has 0 radical (unpaired) electrons. The fourth-order valence-corrected chi connectivity index (χ4v) is 9.25. The molecule has 0 fully saturated rings. The van der Waals surface area contributed by atoms with Crippen LogP contribution in [0.5, 0.6) is 0 Å². The second-order valence-corrected chi connectivity index (χ2v) is 13.5. The van der Waals surface area contributed by atoms with Gasteiger partial charge in [-0.1, -0.05) is 151 Å². The summed E-state index contributed by atoms with van der Waals surface area (Å²) in [5, 5.41) is 1.17. The highest BCUT2D eigenvalue weighted by Crippen LogP contribution is 2.56. The molecule has 0 saturated heterocycles. The Labute approximate surface area is 270 Å². The molecule has 0 bridgehead atoms. The lowest BCUT2D eigenvalue weighted by Gasteiger charge is -2.42. The molecule has 0 spiro atoms. The Kier molecular flexibility index (Phi) is 6.19. The van der Waals surface area contributed by atoms with Gasteiger partial charge in [-0.05, 0) is 40.5 Å². The zero-order chi connectivity index (χ0) is 29.8. The lowest BCUT2D eigenvalue weighted by Crippen LogP contribution is -2.34. The van der Waals surface area contributed by atoms with Crippen LogP contribution >= 0.6 is 23.1 Å². The second kappa shape index (κ2) is 10.6. The minimum Gasteiger partial charge on any atom is -0.226 e. The molecule has 1 aliphatic rings. The molecule has 3 heterocycles. The number of thiophene rings is 1. The molecule has 0 N–H and O–H groups in total. The maximum absolute atomic E-state index is 5.27. The van der Waals surface area contributed by atoms with E-state index < -0.39 is 5.41 Å². The summed E-state index contributed by atoms with van der Waals surface area (Å²) in [7, 11) is 0. The number of benzene rings is 6. The lowest BCUT2D eigenvalue weighted by molar-refractivity contribution is 0.703. The van der Waals surface area contributed by atoms with Gasteiger partial charge < -0.3 is 0 Å². The Balaban J connectivity index is 1.31. The first-order chi connectivity index (χ1) is 22.3. The average Bonchev–Trinajstić information content (AvgIpc) is 3.50. The number of hydrogen-bond donors (Lipinski definition) is 0. The number of nitrogens with zero attached hydrogens (tertiary/aromatic N) is 2. The van der Waals surface area contributed by atoms with Crippen molar-refractivity contribution in [2.24, 2.45) is 0 Å². The fourth-order valence-electron chi connectivity index (χ4n) is 6.86. The Morgan fingerprint density at radius 2 is 1.11 bits per heavy atom. The van der Waals surface area contributed by atoms with E-state index in [1.54, 1.807) is 11.3 Å². The van der Waals surface area contributed by atoms with Gasteiger partial charge in [0.05, 0.1) is 21.3 Å². The van der Waals surface area contributed by atoms with Gasteiger partial charge in [-0.2, -0.15) is 0 Å². The molecule has 0 amide bonds. The highest BCUT2D eigenvalue weighted by molar-refractivity contribution is 7.99. The summed E-state index contributed by atoms with van der Waals surface area (Å²) in [6, 6.07) is 56.6. The van der Waals surface area contributed by atoms with Crippen molar-refractivity contribution >= 4 is 43.4 Å². The second-order valence-electron chi connectivity index (χ2n) is 11.3. The molecule has 212 valence electrons. The van der Waals surface area contributed by atoms with E-state index in [0.717, 1.165) is 32.9 Å². The third-order valence-corrected chi connectivity index (χ3v) is 11.1. The van der Waals surface area contributed by atoms with Gasteiger partial charge in [-0.25, -0.2) is 9.97 Å². The number of rotatable bonds is 4. The third-order valence-electron chi connectivity index (χ3n) is 8.84. The van der Waals surface area contributed by atoms with Crippen LogP contribution in [0.2, 0.25) is 0 Å². The van der Waals surface area contributed by atoms with Crippen LogP contribution in [-0.4, -0.2) is 9.97 Å². The maximum atomic E-state index is 5.27. The molecule has 2 aromatic heterocycles. The van der Waals surface area contributed by atoms with E-state index in [1.165, 1.54) is 42.1 Å². The van der Waals surface area contributed by atoms with E-state index >= 15 is 0 Å². The van der Waals surface area contributed by atoms with Gasteiger partial charge in [-0.15, -0.1) is 11.3 Å². The van der Waals surface area contributed by atoms with E-state index in [0.29, 0.717) is 0 Å². The summed E-state index contributed by atoms with van der Waals surface area (Å²) < 4.78 is 2.35. The van der Waals surface area contributed by atoms with Gasteiger partial charge in [0.1, 0.15) is 0 Å². The van der Waals surface area contributed by atoms with Crippen LogP contribution in [-0.2, 0) is 5.41 Å². The molecular formula is C41H26N2S2. The summed E-state index contributed by atoms with van der Waals surface area (Å²) in [5.41, 5.74) is 8.75. The summed E-state index contributed by atoms with van der Waals surface area (Å²) in [6.07, 6.45) is 0. The van der Waals surface area contributed by atoms with E-state index in [1.807, 2.05) is 11.8 Å². The molecule has 6 aromatic carbocycles. The first kappa shape index (κ1) is 26.4. The van der Waals surface area contributed by atoms with Gasteiger partial charge >= 0.3 is 0 Å². The average molecular weight is 611 g/mol. The van der Waals surface area contributed by atoms with Gasteiger partial charge in [0.25, 0.3) is 0 Å². The first-order valence-corrected chi connectivity index (χ1v) is 16.7. The Bertz CT molecular complexity index is 2310. The van der Waals surface area contributed by atoms with Gasteiger partial charge in [0.15, 0.2) is 5.82 Å². The largest absolute Gasteiger partial charge is 0.226 e. The Morgan fingerprint density at radius 3 is 1.87 bits per heavy atom. The fraction of sp³-hybridized carbons (Fsp3) is 0.0244. The van der Waals surface area contributed by atoms with E-state index in [9.17, 15) is 0 Å². The van der Waals surface area contributed by atoms with Crippen molar-refractivity contribution in [3.05, 3.63) is 180 Å². The van der Waals surface area contributed by atoms with Crippen molar-refractivity contribution in [2.45, 2.75) is 15.2 Å². The van der Waals surface area contributed by atoms with Crippen LogP contribution < -0.4 is 0 Å². The topological polar surface area (TPSA) is 25.8 Å². The van der Waals surface area contributed by atoms with Crippen LogP contribution in [0.25, 0.3) is 42.9 Å². The van der Waals surface area contributed by atoms with Crippen molar-refractivity contribution in [3.8, 4) is 22.6 Å². The smallest absolute Gasteiger partial charge is 0.160 e. The molecule has 45 heavy (non-hydrogen) atoms. The third kappa shape index (κ3) is 4.10. The summed E-state index contributed by atoms with van der Waals surface area (Å²) in [4.78, 5) is 13.0. The van der Waals surface area contributed by atoms with Gasteiger partial charge in [-0.3, -0.25) is 0 Å². The van der Waals surface area contributed by atoms with Crippen LogP contribution in [0.1, 0.15) is 22.3 Å². The molecule has 0 unspecified atom stereocenters. The zero-order valence-electron chi connectivity index (χ0n) is 24.2. The van der Waals surface area contributed by atoms with Crippen molar-refractivity contribution < 1.29 is 0 Å². The number of hydrogen-bond acceptors (Lipinski definition) is 4. The highest BCUT2D eigenvalue weighted by atomic mass is 32.2. The molecule has 2 nitrogen and oxygen atoms in total. The van der Waals surface area contributed by atoms with E-state index in [-0.39, 0.29) is 0 Å². The van der Waals surface area contributed by atoms with E-state index in [4.69, 9.17) is 9.97 Å². The quantitative estimate of drug-likeness (QED) is 0.198. The summed E-state index contributed by atoms with van der Waals surface area (Å²) in [5.74, 6) is 0.747. The molecule has 4 heteroatoms. The molecule has 0 atom stereocenters. The lowest BCUT2D eigenvalue weighted by atomic mass is 9.64. The number of fused-ring (bicyclic) bond motifs is 5. The summed E-state index contributed by atoms with van der Waals surface area (Å²) >= 11 is 3.61. The molecule has 0 aliphatic carbocycles. The zero-order valence-corrected chi connectivity index (χ0v) is 25.9. The van der Waals surface area contributed by atoms with Crippen LogP contribution in [0.15, 0.2) is 168 Å². The van der Waals surface area contributed by atoms with Crippen LogP contribution in [0, 0.1) is 0 Å². The van der Waals surface area contributed by atoms with Crippen molar-refractivity contribution in [1.29, 1.82) is 0 Å². The molecule has 0 saturated carbocycles. The summed E-state index contributed by atoms with van der Waals surface area (Å²) in [6.45, 7) is 0. The first-order valence-electron chi connectivity index (χ1n) is 15.1. The van der Waals surface area contributed by atoms with E-state index in [2.05, 4.69) is 158 Å². The standard InChI is InChI=1S/C41H26N2S2/c1-4-14-27(15-5-1)37-39-38(31-20-10-12-22-34(31)45-39)43-40(42-37)28-24-25-33-36(26-28)44-35-23-13-11-21-32(35)41(33,29-16-6-2-7-17-29)30-18-8-3-9-19-30/h1-26H. The van der Waals surface area contributed by atoms with Crippen LogP contribution in [0.4, 0.5) is 0 Å². The minimum atomic E-state index is -0.457. The highest BCUT2D eigenvalue weighted by Gasteiger charge is 2.44. The van der Waals surface area contributed by atoms with Gasteiger partial charge in [0.2, 0.25) is 0 Å². The molecule has 9 rings (SSSR count). The minimum absolute atomic E-state index is 0.457. The monoisotopic (exact) mass is 610 g/mol. The molecular weight excluding hydrogens is 585 g/mol. The SMILES string of the molecule is c1ccc(-c2nc(-c3ccc4c(c3)Sc3ccccc3C4(c3ccccc3)c3ccccc3)nc3c2sc2ccccc23)cc1. The predicted molar refractivity (Wildman–Crippen MR) is 188 cm³/mol. The van der Waals surface area contributed by atoms with Crippen molar-refractivity contribution in [3.63, 3.8) is 0 Å². The normalized spacial score (nSPS) is 13.4.